The fraction of sp³-hybridized carbons (Fsp3) is 0.117. The van der Waals surface area contributed by atoms with Crippen LogP contribution in [0.2, 0.25) is 0 Å². The van der Waals surface area contributed by atoms with Crippen molar-refractivity contribution in [3.05, 3.63) is 335 Å². The minimum Gasteiger partial charge on any atom is -0.456 e. The summed E-state index contributed by atoms with van der Waals surface area (Å²) in [5.74, 6) is 0.626. The Morgan fingerprint density at radius 1 is 0.385 bits per heavy atom. The second kappa shape index (κ2) is 20.2. The molecule has 0 aliphatic heterocycles. The monoisotopic (exact) mass is 1000 g/mol. The summed E-state index contributed by atoms with van der Waals surface area (Å²) in [5, 5.41) is 7.64. The standard InChI is InChI=1S/C77H60O/c1-52(70(47-53-22-20-29-58(46-53)54-23-6-2-7-24-54)61-43-45-75-71(49-61)67-37-18-19-39-74(67)78-75)57-42-44-69-72(50-57)77(63-31-10-4-11-32-63,64-33-12-5-13-34-64)73-51-62(66-36-16-17-38-68(66)76(69)73)41-40-59(55-25-8-3-9-26-55)48-60-30-21-28-56-27-14-15-35-65(56)60/h2-39,42-46,49-52,59,70H,40-41,47-48H2,1H3. The molecule has 1 heterocycles. The minimum absolute atomic E-state index is 0.142. The second-order valence-electron chi connectivity index (χ2n) is 21.8. The third-order valence-corrected chi connectivity index (χ3v) is 17.5. The molecule has 0 fully saturated rings. The first-order valence-electron chi connectivity index (χ1n) is 28.0. The predicted octanol–water partition coefficient (Wildman–Crippen LogP) is 20.0. The Bertz CT molecular complexity index is 4240. The molecule has 1 nitrogen and oxygen atoms in total. The van der Waals surface area contributed by atoms with Crippen molar-refractivity contribution in [1.29, 1.82) is 0 Å². The van der Waals surface area contributed by atoms with Gasteiger partial charge in [0.15, 0.2) is 0 Å². The zero-order valence-corrected chi connectivity index (χ0v) is 44.0. The van der Waals surface area contributed by atoms with Gasteiger partial charge in [0, 0.05) is 10.8 Å². The molecule has 0 bridgehead atoms. The van der Waals surface area contributed by atoms with E-state index in [1.807, 2.05) is 0 Å². The minimum atomic E-state index is -0.586. The van der Waals surface area contributed by atoms with Crippen LogP contribution in [-0.4, -0.2) is 0 Å². The van der Waals surface area contributed by atoms with E-state index in [9.17, 15) is 0 Å². The van der Waals surface area contributed by atoms with Crippen LogP contribution in [0.3, 0.4) is 0 Å². The van der Waals surface area contributed by atoms with E-state index in [0.29, 0.717) is 5.92 Å². The lowest BCUT2D eigenvalue weighted by Crippen LogP contribution is -2.29. The van der Waals surface area contributed by atoms with Gasteiger partial charge in [-0.3, -0.25) is 0 Å². The normalized spacial score (nSPS) is 13.9. The number of hydrogen-bond donors (Lipinski definition) is 0. The first-order chi connectivity index (χ1) is 38.6. The van der Waals surface area contributed by atoms with Crippen LogP contribution in [0, 0.1) is 0 Å². The maximum Gasteiger partial charge on any atom is 0.135 e. The van der Waals surface area contributed by atoms with Gasteiger partial charge in [0.05, 0.1) is 5.41 Å². The summed E-state index contributed by atoms with van der Waals surface area (Å²) in [5.41, 5.74) is 19.9. The first kappa shape index (κ1) is 47.4. The molecule has 1 aromatic heterocycles. The highest BCUT2D eigenvalue weighted by Gasteiger charge is 2.47. The molecule has 3 atom stereocenters. The molecule has 78 heavy (non-hydrogen) atoms. The molecule has 0 amide bonds. The Morgan fingerprint density at radius 2 is 0.987 bits per heavy atom. The van der Waals surface area contributed by atoms with E-state index < -0.39 is 5.41 Å². The van der Waals surface area contributed by atoms with Gasteiger partial charge in [0.25, 0.3) is 0 Å². The molecule has 374 valence electrons. The van der Waals surface area contributed by atoms with Gasteiger partial charge in [-0.15, -0.1) is 0 Å². The van der Waals surface area contributed by atoms with Crippen molar-refractivity contribution in [2.45, 2.75) is 55.8 Å². The summed E-state index contributed by atoms with van der Waals surface area (Å²) < 4.78 is 6.43. The predicted molar refractivity (Wildman–Crippen MR) is 327 cm³/mol. The van der Waals surface area contributed by atoms with Crippen LogP contribution in [0.4, 0.5) is 0 Å². The van der Waals surface area contributed by atoms with E-state index in [1.165, 1.54) is 105 Å². The van der Waals surface area contributed by atoms with Crippen molar-refractivity contribution >= 4 is 43.5 Å². The number of rotatable bonds is 14. The van der Waals surface area contributed by atoms with Crippen LogP contribution in [0.25, 0.3) is 65.7 Å². The molecule has 0 N–H and O–H groups in total. The lowest BCUT2D eigenvalue weighted by atomic mass is 9.66. The van der Waals surface area contributed by atoms with E-state index in [4.69, 9.17) is 4.42 Å². The van der Waals surface area contributed by atoms with Gasteiger partial charge in [-0.2, -0.15) is 0 Å². The van der Waals surface area contributed by atoms with Crippen LogP contribution in [0.15, 0.2) is 283 Å². The Balaban J connectivity index is 0.926. The average molecular weight is 1000 g/mol. The number of aryl methyl sites for hydroxylation is 1. The Kier molecular flexibility index (Phi) is 12.3. The van der Waals surface area contributed by atoms with Crippen molar-refractivity contribution < 1.29 is 4.42 Å². The van der Waals surface area contributed by atoms with Crippen molar-refractivity contribution in [1.82, 2.24) is 0 Å². The molecule has 1 aliphatic carbocycles. The Morgan fingerprint density at radius 3 is 1.76 bits per heavy atom. The van der Waals surface area contributed by atoms with Gasteiger partial charge in [0.2, 0.25) is 0 Å². The van der Waals surface area contributed by atoms with Crippen LogP contribution in [0.5, 0.6) is 0 Å². The van der Waals surface area contributed by atoms with Crippen molar-refractivity contribution in [3.8, 4) is 22.3 Å². The lowest BCUT2D eigenvalue weighted by Gasteiger charge is -2.35. The van der Waals surface area contributed by atoms with E-state index in [1.54, 1.807) is 0 Å². The van der Waals surface area contributed by atoms with Gasteiger partial charge in [-0.25, -0.2) is 0 Å². The summed E-state index contributed by atoms with van der Waals surface area (Å²) in [7, 11) is 0. The molecular weight excluding hydrogens is 941 g/mol. The SMILES string of the molecule is CC(c1ccc2c(c1)C(c1ccccc1)(c1ccccc1)c1cc(CCC(Cc3cccc4ccccc34)c3ccccc3)c3ccccc3c1-2)C(Cc1cccc(-c2ccccc2)c1)c1ccc2oc3ccccc3c2c1. The summed E-state index contributed by atoms with van der Waals surface area (Å²) in [4.78, 5) is 0. The second-order valence-corrected chi connectivity index (χ2v) is 21.8. The van der Waals surface area contributed by atoms with E-state index in [2.05, 4.69) is 286 Å². The molecule has 0 spiro atoms. The summed E-state index contributed by atoms with van der Waals surface area (Å²) >= 11 is 0. The number of benzene rings is 12. The van der Waals surface area contributed by atoms with Gasteiger partial charge < -0.3 is 4.42 Å². The highest BCUT2D eigenvalue weighted by Crippen LogP contribution is 2.59. The smallest absolute Gasteiger partial charge is 0.135 e. The van der Waals surface area contributed by atoms with E-state index in [-0.39, 0.29) is 11.8 Å². The number of furan rings is 1. The van der Waals surface area contributed by atoms with Crippen LogP contribution < -0.4 is 0 Å². The van der Waals surface area contributed by atoms with E-state index >= 15 is 0 Å². The topological polar surface area (TPSA) is 13.1 Å². The molecule has 0 saturated carbocycles. The summed E-state index contributed by atoms with van der Waals surface area (Å²) in [6, 6.07) is 105. The molecule has 14 rings (SSSR count). The molecule has 12 aromatic carbocycles. The zero-order valence-electron chi connectivity index (χ0n) is 44.0. The number of fused-ring (bicyclic) bond motifs is 9. The molecule has 1 heteroatoms. The quantitative estimate of drug-likeness (QED) is 0.106. The molecule has 3 unspecified atom stereocenters. The number of para-hydroxylation sites is 1. The number of hydrogen-bond acceptors (Lipinski definition) is 1. The van der Waals surface area contributed by atoms with Crippen LogP contribution in [0.1, 0.15) is 86.7 Å². The fourth-order valence-corrected chi connectivity index (χ4v) is 13.7. The van der Waals surface area contributed by atoms with Gasteiger partial charge in [-0.05, 0) is 161 Å². The average Bonchev–Trinajstić information content (AvgIpc) is 3.57. The van der Waals surface area contributed by atoms with Crippen LogP contribution in [-0.2, 0) is 24.7 Å². The molecule has 0 saturated heterocycles. The van der Waals surface area contributed by atoms with Gasteiger partial charge in [-0.1, -0.05) is 268 Å². The molecule has 0 radical (unpaired) electrons. The molecule has 13 aromatic rings. The fourth-order valence-electron chi connectivity index (χ4n) is 13.7. The highest BCUT2D eigenvalue weighted by atomic mass is 16.3. The summed E-state index contributed by atoms with van der Waals surface area (Å²) in [6.45, 7) is 2.47. The van der Waals surface area contributed by atoms with Gasteiger partial charge in [0.1, 0.15) is 11.2 Å². The zero-order chi connectivity index (χ0) is 52.0. The van der Waals surface area contributed by atoms with E-state index in [0.717, 1.165) is 42.2 Å². The maximum absolute atomic E-state index is 6.43. The van der Waals surface area contributed by atoms with Crippen LogP contribution >= 0.6 is 0 Å². The molecule has 1 aliphatic rings. The van der Waals surface area contributed by atoms with Crippen molar-refractivity contribution in [2.75, 3.05) is 0 Å². The Hall–Kier alpha value is -9.04. The highest BCUT2D eigenvalue weighted by molar-refractivity contribution is 6.06. The first-order valence-corrected chi connectivity index (χ1v) is 28.0. The van der Waals surface area contributed by atoms with Crippen molar-refractivity contribution in [3.63, 3.8) is 0 Å². The third kappa shape index (κ3) is 8.33. The van der Waals surface area contributed by atoms with Crippen molar-refractivity contribution in [2.24, 2.45) is 0 Å². The molecular formula is C77H60O. The lowest BCUT2D eigenvalue weighted by molar-refractivity contribution is 0.571. The Labute approximate surface area is 458 Å². The summed E-state index contributed by atoms with van der Waals surface area (Å²) in [6.07, 6.45) is 3.82. The largest absolute Gasteiger partial charge is 0.456 e. The van der Waals surface area contributed by atoms with Gasteiger partial charge >= 0.3 is 0 Å². The maximum atomic E-state index is 6.43. The third-order valence-electron chi connectivity index (χ3n) is 17.5.